The largest absolute Gasteiger partial charge is 0.383 e. The van der Waals surface area contributed by atoms with E-state index in [1.165, 1.54) is 0 Å². The molecule has 0 aromatic heterocycles. The van der Waals surface area contributed by atoms with Crippen molar-refractivity contribution in [2.45, 2.75) is 32.8 Å². The molecule has 0 aliphatic rings. The Hall–Kier alpha value is -0.570. The minimum absolute atomic E-state index is 0.429. The molecule has 0 fully saturated rings. The van der Waals surface area contributed by atoms with Crippen molar-refractivity contribution >= 4 is 5.97 Å². The molecule has 0 aliphatic heterocycles. The summed E-state index contributed by atoms with van der Waals surface area (Å²) in [6.45, 7) is 4.11. The van der Waals surface area contributed by atoms with Crippen LogP contribution < -0.4 is 0 Å². The van der Waals surface area contributed by atoms with Crippen molar-refractivity contribution in [3.05, 3.63) is 0 Å². The monoisotopic (exact) mass is 145 g/mol. The zero-order chi connectivity index (χ0) is 7.98. The lowest BCUT2D eigenvalue weighted by molar-refractivity contribution is -0.157. The summed E-state index contributed by atoms with van der Waals surface area (Å²) in [6.07, 6.45) is 0.629. The minimum atomic E-state index is -1.11. The first-order valence-corrected chi connectivity index (χ1v) is 3.54. The van der Waals surface area contributed by atoms with E-state index in [4.69, 9.17) is 4.74 Å². The van der Waals surface area contributed by atoms with Gasteiger partial charge >= 0.3 is 5.97 Å². The van der Waals surface area contributed by atoms with Crippen LogP contribution in [0.2, 0.25) is 0 Å². The number of carbonyl (C=O) groups excluding carboxylic acids is 1. The molecule has 0 spiro atoms. The Morgan fingerprint density at radius 1 is 1.50 bits per heavy atom. The highest BCUT2D eigenvalue weighted by Gasteiger charge is 2.17. The standard InChI is InChI=1S/C7H13O3/c1-3-5-6(7(8)9)10-4-2/h6H,3-5H2,1-2H3. The van der Waals surface area contributed by atoms with E-state index in [2.05, 4.69) is 0 Å². The summed E-state index contributed by atoms with van der Waals surface area (Å²) in [6, 6.07) is 0. The van der Waals surface area contributed by atoms with Gasteiger partial charge in [-0.3, -0.25) is 0 Å². The minimum Gasteiger partial charge on any atom is -0.367 e. The lowest BCUT2D eigenvalue weighted by Crippen LogP contribution is -2.22. The first kappa shape index (κ1) is 9.43. The molecule has 0 amide bonds. The molecule has 0 rings (SSSR count). The molecular weight excluding hydrogens is 132 g/mol. The normalized spacial score (nSPS) is 13.0. The molecule has 59 valence electrons. The van der Waals surface area contributed by atoms with Crippen LogP contribution in [0.25, 0.3) is 0 Å². The SMILES string of the molecule is CCCC(OCC)C([O])=O. The van der Waals surface area contributed by atoms with Gasteiger partial charge in [-0.25, -0.2) is 9.90 Å². The van der Waals surface area contributed by atoms with Gasteiger partial charge in [0.25, 0.3) is 0 Å². The summed E-state index contributed by atoms with van der Waals surface area (Å²) in [4.78, 5) is 10.2. The van der Waals surface area contributed by atoms with Gasteiger partial charge in [0, 0.05) is 6.61 Å². The average Bonchev–Trinajstić information content (AvgIpc) is 1.87. The zero-order valence-electron chi connectivity index (χ0n) is 6.42. The van der Waals surface area contributed by atoms with Gasteiger partial charge in [0.1, 0.15) is 0 Å². The van der Waals surface area contributed by atoms with Gasteiger partial charge in [-0.15, -0.1) is 0 Å². The summed E-state index contributed by atoms with van der Waals surface area (Å²) in [5.74, 6) is -1.11. The molecule has 0 N–H and O–H groups in total. The van der Waals surface area contributed by atoms with Gasteiger partial charge in [0.2, 0.25) is 0 Å². The van der Waals surface area contributed by atoms with Crippen molar-refractivity contribution in [3.63, 3.8) is 0 Å². The number of ether oxygens (including phenoxy) is 1. The van der Waals surface area contributed by atoms with E-state index in [1.807, 2.05) is 6.92 Å². The summed E-state index contributed by atoms with van der Waals surface area (Å²) in [5.41, 5.74) is 0. The predicted octanol–water partition coefficient (Wildman–Crippen LogP) is 1.15. The second-order valence-corrected chi connectivity index (χ2v) is 2.05. The highest BCUT2D eigenvalue weighted by Crippen LogP contribution is 2.01. The van der Waals surface area contributed by atoms with Crippen molar-refractivity contribution < 1.29 is 14.6 Å². The Morgan fingerprint density at radius 2 is 2.10 bits per heavy atom. The molecule has 1 radical (unpaired) electrons. The third-order valence-electron chi connectivity index (χ3n) is 1.18. The van der Waals surface area contributed by atoms with Crippen molar-refractivity contribution in [2.24, 2.45) is 0 Å². The Morgan fingerprint density at radius 3 is 2.40 bits per heavy atom. The van der Waals surface area contributed by atoms with Crippen molar-refractivity contribution in [1.82, 2.24) is 0 Å². The lowest BCUT2D eigenvalue weighted by Gasteiger charge is -2.07. The third-order valence-corrected chi connectivity index (χ3v) is 1.18. The van der Waals surface area contributed by atoms with Crippen LogP contribution in [0, 0.1) is 0 Å². The average molecular weight is 145 g/mol. The van der Waals surface area contributed by atoms with E-state index in [9.17, 15) is 9.90 Å². The van der Waals surface area contributed by atoms with Crippen LogP contribution in [-0.2, 0) is 14.6 Å². The fourth-order valence-electron chi connectivity index (χ4n) is 0.733. The second-order valence-electron chi connectivity index (χ2n) is 2.05. The number of hydrogen-bond donors (Lipinski definition) is 0. The molecule has 10 heavy (non-hydrogen) atoms. The lowest BCUT2D eigenvalue weighted by atomic mass is 10.2. The third kappa shape index (κ3) is 3.45. The van der Waals surface area contributed by atoms with Crippen LogP contribution in [0.3, 0.4) is 0 Å². The summed E-state index contributed by atoms with van der Waals surface area (Å²) < 4.78 is 4.88. The maximum absolute atomic E-state index is 10.2. The summed E-state index contributed by atoms with van der Waals surface area (Å²) >= 11 is 0. The van der Waals surface area contributed by atoms with Crippen molar-refractivity contribution in [1.29, 1.82) is 0 Å². The summed E-state index contributed by atoms with van der Waals surface area (Å²) in [7, 11) is 0. The molecule has 0 heterocycles. The van der Waals surface area contributed by atoms with Gasteiger partial charge in [-0.1, -0.05) is 13.3 Å². The molecule has 3 heteroatoms. The maximum atomic E-state index is 10.2. The van der Waals surface area contributed by atoms with Crippen molar-refractivity contribution in [2.75, 3.05) is 6.61 Å². The highest BCUT2D eigenvalue weighted by molar-refractivity contribution is 5.71. The van der Waals surface area contributed by atoms with E-state index in [0.29, 0.717) is 13.0 Å². The van der Waals surface area contributed by atoms with Gasteiger partial charge in [-0.05, 0) is 13.3 Å². The maximum Gasteiger partial charge on any atom is 0.383 e. The van der Waals surface area contributed by atoms with E-state index >= 15 is 0 Å². The van der Waals surface area contributed by atoms with E-state index < -0.39 is 12.1 Å². The van der Waals surface area contributed by atoms with E-state index in [-0.39, 0.29) is 0 Å². The molecule has 0 saturated carbocycles. The van der Waals surface area contributed by atoms with Gasteiger partial charge < -0.3 is 4.74 Å². The Bertz CT molecular complexity index is 95.0. The predicted molar refractivity (Wildman–Crippen MR) is 36.0 cm³/mol. The number of carbonyl (C=O) groups is 1. The summed E-state index contributed by atoms with van der Waals surface area (Å²) in [5, 5.41) is 10.2. The Kier molecular flexibility index (Phi) is 4.94. The molecule has 0 bridgehead atoms. The number of rotatable bonds is 5. The van der Waals surface area contributed by atoms with Crippen molar-refractivity contribution in [3.8, 4) is 0 Å². The van der Waals surface area contributed by atoms with Crippen LogP contribution >= 0.6 is 0 Å². The fourth-order valence-corrected chi connectivity index (χ4v) is 0.733. The molecule has 0 aliphatic carbocycles. The van der Waals surface area contributed by atoms with E-state index in [0.717, 1.165) is 6.42 Å². The van der Waals surface area contributed by atoms with Crippen LogP contribution in [0.15, 0.2) is 0 Å². The quantitative estimate of drug-likeness (QED) is 0.582. The highest BCUT2D eigenvalue weighted by atomic mass is 16.5. The topological polar surface area (TPSA) is 46.2 Å². The first-order valence-electron chi connectivity index (χ1n) is 3.54. The fraction of sp³-hybridized carbons (Fsp3) is 0.857. The smallest absolute Gasteiger partial charge is 0.367 e. The molecule has 1 atom stereocenters. The van der Waals surface area contributed by atoms with Crippen LogP contribution in [-0.4, -0.2) is 18.7 Å². The molecular formula is C7H13O3. The molecule has 3 nitrogen and oxygen atoms in total. The Labute approximate surface area is 61.0 Å². The second kappa shape index (κ2) is 5.23. The van der Waals surface area contributed by atoms with E-state index in [1.54, 1.807) is 6.92 Å². The number of hydrogen-bond acceptors (Lipinski definition) is 2. The van der Waals surface area contributed by atoms with Gasteiger partial charge in [0.05, 0.1) is 0 Å². The Balaban J connectivity index is 3.61. The first-order chi connectivity index (χ1) is 4.72. The van der Waals surface area contributed by atoms with Crippen LogP contribution in [0.1, 0.15) is 26.7 Å². The van der Waals surface area contributed by atoms with Crippen LogP contribution in [0.5, 0.6) is 0 Å². The zero-order valence-corrected chi connectivity index (χ0v) is 6.42. The van der Waals surface area contributed by atoms with Gasteiger partial charge in [-0.2, -0.15) is 0 Å². The molecule has 0 aromatic carbocycles. The molecule has 0 saturated heterocycles. The van der Waals surface area contributed by atoms with Gasteiger partial charge in [0.15, 0.2) is 6.10 Å². The van der Waals surface area contributed by atoms with Crippen LogP contribution in [0.4, 0.5) is 0 Å². The molecule has 0 aromatic rings. The molecule has 1 unspecified atom stereocenters.